The fraction of sp³-hybridized carbons (Fsp3) is 1.00. The van der Waals surface area contributed by atoms with E-state index >= 15 is 0 Å². The zero-order valence-electron chi connectivity index (χ0n) is 9.31. The highest BCUT2D eigenvalue weighted by Gasteiger charge is 2.25. The van der Waals surface area contributed by atoms with Crippen LogP contribution in [-0.2, 0) is 0 Å². The third-order valence-corrected chi connectivity index (χ3v) is 3.82. The Labute approximate surface area is 82.5 Å². The molecule has 0 aliphatic heterocycles. The lowest BCUT2D eigenvalue weighted by molar-refractivity contribution is 0.192. The molecule has 0 rings (SSSR count). The maximum atomic E-state index is 2.40. The average Bonchev–Trinajstić information content (AvgIpc) is 2.05. The highest BCUT2D eigenvalue weighted by atomic mass is 32.2. The molecule has 1 heteroatoms. The third kappa shape index (κ3) is 3.84. The molecule has 0 aliphatic carbocycles. The van der Waals surface area contributed by atoms with Gasteiger partial charge in [0.05, 0.1) is 0 Å². The molecule has 0 aromatic carbocycles. The van der Waals surface area contributed by atoms with E-state index in [1.54, 1.807) is 0 Å². The van der Waals surface area contributed by atoms with Crippen molar-refractivity contribution in [1.29, 1.82) is 0 Å². The quantitative estimate of drug-likeness (QED) is 0.602. The summed E-state index contributed by atoms with van der Waals surface area (Å²) in [6, 6.07) is 0. The van der Waals surface area contributed by atoms with E-state index in [1.807, 2.05) is 11.8 Å². The fourth-order valence-corrected chi connectivity index (χ4v) is 2.22. The van der Waals surface area contributed by atoms with Gasteiger partial charge in [-0.05, 0) is 29.8 Å². The van der Waals surface area contributed by atoms with Crippen LogP contribution in [0.2, 0.25) is 0 Å². The lowest BCUT2D eigenvalue weighted by atomic mass is 9.74. The first-order valence-electron chi connectivity index (χ1n) is 5.07. The van der Waals surface area contributed by atoms with Crippen molar-refractivity contribution in [3.05, 3.63) is 0 Å². The Kier molecular flexibility index (Phi) is 6.08. The molecule has 0 amide bonds. The van der Waals surface area contributed by atoms with Gasteiger partial charge in [0.2, 0.25) is 0 Å². The second kappa shape index (κ2) is 5.90. The van der Waals surface area contributed by atoms with E-state index in [1.165, 1.54) is 25.0 Å². The number of rotatable bonds is 6. The molecule has 0 aromatic heterocycles. The summed E-state index contributed by atoms with van der Waals surface area (Å²) in [5, 5.41) is 0. The Morgan fingerprint density at radius 1 is 1.25 bits per heavy atom. The Morgan fingerprint density at radius 2 is 1.83 bits per heavy atom. The molecule has 0 spiro atoms. The highest BCUT2D eigenvalue weighted by Crippen LogP contribution is 2.35. The fourth-order valence-electron chi connectivity index (χ4n) is 1.70. The molecular weight excluding hydrogens is 164 g/mol. The molecule has 1 atom stereocenters. The van der Waals surface area contributed by atoms with E-state index < -0.39 is 0 Å². The molecule has 74 valence electrons. The van der Waals surface area contributed by atoms with Crippen LogP contribution >= 0.6 is 11.8 Å². The van der Waals surface area contributed by atoms with E-state index in [9.17, 15) is 0 Å². The molecule has 0 heterocycles. The summed E-state index contributed by atoms with van der Waals surface area (Å²) in [7, 11) is 0. The van der Waals surface area contributed by atoms with Crippen molar-refractivity contribution in [3.8, 4) is 0 Å². The van der Waals surface area contributed by atoms with Crippen molar-refractivity contribution in [2.24, 2.45) is 11.3 Å². The van der Waals surface area contributed by atoms with E-state index in [0.717, 1.165) is 5.92 Å². The molecule has 0 radical (unpaired) electrons. The predicted octanol–water partition coefficient (Wildman–Crippen LogP) is 4.20. The number of hydrogen-bond acceptors (Lipinski definition) is 1. The van der Waals surface area contributed by atoms with Crippen molar-refractivity contribution in [2.45, 2.75) is 47.0 Å². The standard InChI is InChI=1S/C11H24S/c1-6-10(8-9-12-5)11(3,4)7-2/h10H,6-9H2,1-5H3. The molecule has 0 nitrogen and oxygen atoms in total. The van der Waals surface area contributed by atoms with Crippen LogP contribution in [0.1, 0.15) is 47.0 Å². The minimum absolute atomic E-state index is 0.546. The van der Waals surface area contributed by atoms with E-state index in [0.29, 0.717) is 5.41 Å². The Bertz CT molecular complexity index is 108. The van der Waals surface area contributed by atoms with E-state index in [-0.39, 0.29) is 0 Å². The topological polar surface area (TPSA) is 0 Å². The van der Waals surface area contributed by atoms with Gasteiger partial charge in [0, 0.05) is 0 Å². The first kappa shape index (κ1) is 12.3. The summed E-state index contributed by atoms with van der Waals surface area (Å²) in [6.45, 7) is 9.44. The van der Waals surface area contributed by atoms with Gasteiger partial charge in [0.15, 0.2) is 0 Å². The Hall–Kier alpha value is 0.350. The summed E-state index contributed by atoms with van der Waals surface area (Å²) in [5.74, 6) is 2.23. The molecule has 0 saturated heterocycles. The Morgan fingerprint density at radius 3 is 2.17 bits per heavy atom. The predicted molar refractivity (Wildman–Crippen MR) is 60.9 cm³/mol. The van der Waals surface area contributed by atoms with Crippen molar-refractivity contribution in [3.63, 3.8) is 0 Å². The highest BCUT2D eigenvalue weighted by molar-refractivity contribution is 7.98. The molecule has 0 fully saturated rings. The maximum Gasteiger partial charge on any atom is -0.00675 e. The smallest absolute Gasteiger partial charge is 0.00675 e. The molecular formula is C11H24S. The summed E-state index contributed by atoms with van der Waals surface area (Å²) in [6.07, 6.45) is 6.23. The van der Waals surface area contributed by atoms with Gasteiger partial charge in [-0.1, -0.05) is 40.5 Å². The average molecular weight is 188 g/mol. The van der Waals surface area contributed by atoms with Crippen molar-refractivity contribution in [2.75, 3.05) is 12.0 Å². The van der Waals surface area contributed by atoms with Gasteiger partial charge < -0.3 is 0 Å². The molecule has 1 unspecified atom stereocenters. The molecule has 0 bridgehead atoms. The van der Waals surface area contributed by atoms with Crippen LogP contribution in [0.25, 0.3) is 0 Å². The minimum Gasteiger partial charge on any atom is -0.165 e. The zero-order valence-corrected chi connectivity index (χ0v) is 10.1. The SMILES string of the molecule is CCC(CCSC)C(C)(C)CC. The van der Waals surface area contributed by atoms with Crippen LogP contribution in [0.4, 0.5) is 0 Å². The summed E-state index contributed by atoms with van der Waals surface area (Å²) in [5.41, 5.74) is 0.546. The van der Waals surface area contributed by atoms with Crippen LogP contribution in [-0.4, -0.2) is 12.0 Å². The number of thioether (sulfide) groups is 1. The van der Waals surface area contributed by atoms with Gasteiger partial charge in [-0.15, -0.1) is 0 Å². The van der Waals surface area contributed by atoms with E-state index in [2.05, 4.69) is 34.0 Å². The molecule has 0 aromatic rings. The Balaban J connectivity index is 3.95. The first-order chi connectivity index (χ1) is 5.58. The first-order valence-corrected chi connectivity index (χ1v) is 6.46. The molecule has 0 saturated carbocycles. The monoisotopic (exact) mass is 188 g/mol. The van der Waals surface area contributed by atoms with Crippen molar-refractivity contribution >= 4 is 11.8 Å². The van der Waals surface area contributed by atoms with Gasteiger partial charge in [0.25, 0.3) is 0 Å². The third-order valence-electron chi connectivity index (χ3n) is 3.18. The van der Waals surface area contributed by atoms with E-state index in [4.69, 9.17) is 0 Å². The minimum atomic E-state index is 0.546. The van der Waals surface area contributed by atoms with Gasteiger partial charge >= 0.3 is 0 Å². The maximum absolute atomic E-state index is 2.40. The van der Waals surface area contributed by atoms with Crippen LogP contribution in [0.15, 0.2) is 0 Å². The second-order valence-electron chi connectivity index (χ2n) is 4.23. The normalized spacial score (nSPS) is 14.8. The van der Waals surface area contributed by atoms with Gasteiger partial charge in [-0.2, -0.15) is 11.8 Å². The lowest BCUT2D eigenvalue weighted by Gasteiger charge is -2.32. The summed E-state index contributed by atoms with van der Waals surface area (Å²) < 4.78 is 0. The van der Waals surface area contributed by atoms with Gasteiger partial charge in [-0.3, -0.25) is 0 Å². The van der Waals surface area contributed by atoms with Gasteiger partial charge in [0.1, 0.15) is 0 Å². The largest absolute Gasteiger partial charge is 0.165 e. The van der Waals surface area contributed by atoms with Crippen LogP contribution in [0.5, 0.6) is 0 Å². The van der Waals surface area contributed by atoms with Crippen LogP contribution in [0, 0.1) is 11.3 Å². The zero-order chi connectivity index (χ0) is 9.61. The molecule has 0 N–H and O–H groups in total. The lowest BCUT2D eigenvalue weighted by Crippen LogP contribution is -2.23. The summed E-state index contributed by atoms with van der Waals surface area (Å²) >= 11 is 1.97. The van der Waals surface area contributed by atoms with Crippen LogP contribution in [0.3, 0.4) is 0 Å². The van der Waals surface area contributed by atoms with Crippen molar-refractivity contribution in [1.82, 2.24) is 0 Å². The van der Waals surface area contributed by atoms with Crippen molar-refractivity contribution < 1.29 is 0 Å². The molecule has 12 heavy (non-hydrogen) atoms. The molecule has 0 aliphatic rings. The number of hydrogen-bond donors (Lipinski definition) is 0. The summed E-state index contributed by atoms with van der Waals surface area (Å²) in [4.78, 5) is 0. The second-order valence-corrected chi connectivity index (χ2v) is 5.21. The van der Waals surface area contributed by atoms with Gasteiger partial charge in [-0.25, -0.2) is 0 Å². The van der Waals surface area contributed by atoms with Crippen LogP contribution < -0.4 is 0 Å².